The van der Waals surface area contributed by atoms with E-state index in [1.807, 2.05) is 12.1 Å². The van der Waals surface area contributed by atoms with Gasteiger partial charge in [0.25, 0.3) is 0 Å². The maximum absolute atomic E-state index is 12.7. The fraction of sp³-hybridized carbons (Fsp3) is 0.188. The largest absolute Gasteiger partial charge is 0.497 e. The summed E-state index contributed by atoms with van der Waals surface area (Å²) < 4.78 is 11.7. The number of hydrogen-bond acceptors (Lipinski definition) is 5. The number of carbonyl (C=O) groups is 1. The Balaban J connectivity index is 1.99. The molecule has 7 nitrogen and oxygen atoms in total. The van der Waals surface area contributed by atoms with Gasteiger partial charge in [-0.15, -0.1) is 5.10 Å². The van der Waals surface area contributed by atoms with Crippen molar-refractivity contribution in [2.75, 3.05) is 26.2 Å². The highest BCUT2D eigenvalue weighted by molar-refractivity contribution is 5.97. The Morgan fingerprint density at radius 3 is 2.39 bits per heavy atom. The summed E-state index contributed by atoms with van der Waals surface area (Å²) in [5, 5.41) is 7.94. The molecule has 118 valence electrons. The van der Waals surface area contributed by atoms with Gasteiger partial charge in [-0.05, 0) is 12.1 Å². The molecule has 0 radical (unpaired) electrons. The van der Waals surface area contributed by atoms with E-state index in [1.54, 1.807) is 51.6 Å². The molecule has 0 aliphatic rings. The van der Waals surface area contributed by atoms with Crippen LogP contribution >= 0.6 is 0 Å². The van der Waals surface area contributed by atoms with Crippen LogP contribution in [0.4, 0.5) is 10.5 Å². The first-order chi connectivity index (χ1) is 11.1. The fourth-order valence-corrected chi connectivity index (χ4v) is 2.25. The zero-order valence-electron chi connectivity index (χ0n) is 13.1. The normalized spacial score (nSPS) is 10.6. The van der Waals surface area contributed by atoms with E-state index in [0.29, 0.717) is 28.2 Å². The molecule has 0 saturated carbocycles. The Bertz CT molecular complexity index is 837. The van der Waals surface area contributed by atoms with Crippen LogP contribution in [0.5, 0.6) is 11.5 Å². The predicted molar refractivity (Wildman–Crippen MR) is 86.3 cm³/mol. The number of fused-ring (bicyclic) bond motifs is 1. The predicted octanol–water partition coefficient (Wildman–Crippen LogP) is 2.55. The van der Waals surface area contributed by atoms with Gasteiger partial charge in [0.1, 0.15) is 17.0 Å². The number of hydrogen-bond donors (Lipinski definition) is 0. The van der Waals surface area contributed by atoms with E-state index in [2.05, 4.69) is 10.3 Å². The van der Waals surface area contributed by atoms with E-state index >= 15 is 0 Å². The molecule has 0 atom stereocenters. The highest BCUT2D eigenvalue weighted by Gasteiger charge is 2.18. The molecule has 0 N–H and O–H groups in total. The molecule has 2 aromatic carbocycles. The summed E-state index contributed by atoms with van der Waals surface area (Å²) in [6, 6.07) is 12.2. The van der Waals surface area contributed by atoms with Crippen molar-refractivity contribution in [1.29, 1.82) is 0 Å². The van der Waals surface area contributed by atoms with E-state index in [-0.39, 0.29) is 6.03 Å². The van der Waals surface area contributed by atoms with Gasteiger partial charge in [0.2, 0.25) is 0 Å². The molecule has 1 heterocycles. The second kappa shape index (κ2) is 5.96. The highest BCUT2D eigenvalue weighted by Crippen LogP contribution is 2.28. The molecule has 0 spiro atoms. The van der Waals surface area contributed by atoms with Gasteiger partial charge in [0.15, 0.2) is 0 Å². The summed E-state index contributed by atoms with van der Waals surface area (Å²) in [5.74, 6) is 1.20. The third kappa shape index (κ3) is 2.68. The lowest BCUT2D eigenvalue weighted by Crippen LogP contribution is -2.31. The van der Waals surface area contributed by atoms with Crippen molar-refractivity contribution in [2.45, 2.75) is 0 Å². The average molecular weight is 312 g/mol. The Morgan fingerprint density at radius 2 is 1.74 bits per heavy atom. The summed E-state index contributed by atoms with van der Waals surface area (Å²) in [5.41, 5.74) is 1.95. The number of aromatic nitrogens is 3. The molecule has 3 aromatic rings. The summed E-state index contributed by atoms with van der Waals surface area (Å²) in [6.45, 7) is 0. The number of methoxy groups -OCH3 is 2. The van der Waals surface area contributed by atoms with E-state index in [1.165, 1.54) is 9.58 Å². The van der Waals surface area contributed by atoms with Crippen molar-refractivity contribution in [1.82, 2.24) is 15.0 Å². The minimum atomic E-state index is -0.325. The van der Waals surface area contributed by atoms with Crippen molar-refractivity contribution < 1.29 is 14.3 Å². The summed E-state index contributed by atoms with van der Waals surface area (Å²) in [7, 11) is 4.78. The Hall–Kier alpha value is -3.09. The first-order valence-corrected chi connectivity index (χ1v) is 6.95. The van der Waals surface area contributed by atoms with E-state index < -0.39 is 0 Å². The van der Waals surface area contributed by atoms with Crippen LogP contribution in [0.2, 0.25) is 0 Å². The van der Waals surface area contributed by atoms with Gasteiger partial charge in [0, 0.05) is 25.2 Å². The van der Waals surface area contributed by atoms with Crippen molar-refractivity contribution in [3.05, 3.63) is 42.5 Å². The molecule has 0 fully saturated rings. The van der Waals surface area contributed by atoms with Gasteiger partial charge in [-0.3, -0.25) is 4.90 Å². The summed E-state index contributed by atoms with van der Waals surface area (Å²) in [4.78, 5) is 14.2. The van der Waals surface area contributed by atoms with Gasteiger partial charge >= 0.3 is 6.03 Å². The maximum atomic E-state index is 12.7. The van der Waals surface area contributed by atoms with Crippen molar-refractivity contribution >= 4 is 22.8 Å². The molecule has 0 aliphatic carbocycles. The summed E-state index contributed by atoms with van der Waals surface area (Å²) in [6.07, 6.45) is 0. The molecular formula is C16H16N4O3. The SMILES string of the molecule is COc1cc(OC)cc(N(C)C(=O)n2nnc3ccccc32)c1. The standard InChI is InChI=1S/C16H16N4O3/c1-19(11-8-12(22-2)10-13(9-11)23-3)16(21)20-15-7-5-4-6-14(15)17-18-20/h4-10H,1-3H3. The molecule has 7 heteroatoms. The lowest BCUT2D eigenvalue weighted by atomic mass is 10.2. The maximum Gasteiger partial charge on any atom is 0.350 e. The number of anilines is 1. The minimum Gasteiger partial charge on any atom is -0.497 e. The Labute approximate surface area is 133 Å². The van der Waals surface area contributed by atoms with E-state index in [0.717, 1.165) is 0 Å². The molecule has 0 bridgehead atoms. The number of ether oxygens (including phenoxy) is 2. The van der Waals surface area contributed by atoms with Crippen LogP contribution < -0.4 is 14.4 Å². The second-order valence-electron chi connectivity index (χ2n) is 4.90. The molecule has 0 aliphatic heterocycles. The van der Waals surface area contributed by atoms with Crippen molar-refractivity contribution in [2.24, 2.45) is 0 Å². The zero-order chi connectivity index (χ0) is 16.4. The zero-order valence-corrected chi connectivity index (χ0v) is 13.1. The molecule has 1 amide bonds. The van der Waals surface area contributed by atoms with Crippen LogP contribution in [-0.4, -0.2) is 42.3 Å². The highest BCUT2D eigenvalue weighted by atomic mass is 16.5. The number of nitrogens with zero attached hydrogens (tertiary/aromatic N) is 4. The summed E-state index contributed by atoms with van der Waals surface area (Å²) >= 11 is 0. The molecule has 23 heavy (non-hydrogen) atoms. The van der Waals surface area contributed by atoms with Crippen molar-refractivity contribution in [3.8, 4) is 11.5 Å². The number of carbonyl (C=O) groups excluding carboxylic acids is 1. The van der Waals surface area contributed by atoms with Crippen LogP contribution in [0.25, 0.3) is 11.0 Å². The minimum absolute atomic E-state index is 0.325. The van der Waals surface area contributed by atoms with Gasteiger partial charge < -0.3 is 9.47 Å². The molecule has 0 unspecified atom stereocenters. The quantitative estimate of drug-likeness (QED) is 0.743. The van der Waals surface area contributed by atoms with Crippen LogP contribution in [0, 0.1) is 0 Å². The number of para-hydroxylation sites is 1. The topological polar surface area (TPSA) is 69.5 Å². The number of benzene rings is 2. The van der Waals surface area contributed by atoms with Gasteiger partial charge in [-0.2, -0.15) is 4.68 Å². The molecule has 3 rings (SSSR count). The van der Waals surface area contributed by atoms with E-state index in [4.69, 9.17) is 9.47 Å². The monoisotopic (exact) mass is 312 g/mol. The van der Waals surface area contributed by atoms with Crippen LogP contribution in [0.1, 0.15) is 0 Å². The molecular weight excluding hydrogens is 296 g/mol. The Morgan fingerprint density at radius 1 is 1.09 bits per heavy atom. The average Bonchev–Trinajstić information content (AvgIpc) is 3.04. The first kappa shape index (κ1) is 14.8. The van der Waals surface area contributed by atoms with Gasteiger partial charge in [-0.1, -0.05) is 17.3 Å². The van der Waals surface area contributed by atoms with Crippen molar-refractivity contribution in [3.63, 3.8) is 0 Å². The lowest BCUT2D eigenvalue weighted by molar-refractivity contribution is 0.246. The lowest BCUT2D eigenvalue weighted by Gasteiger charge is -2.18. The van der Waals surface area contributed by atoms with E-state index in [9.17, 15) is 4.79 Å². The Kier molecular flexibility index (Phi) is 3.84. The molecule has 0 saturated heterocycles. The van der Waals surface area contributed by atoms with Gasteiger partial charge in [0.05, 0.1) is 25.4 Å². The van der Waals surface area contributed by atoms with Gasteiger partial charge in [-0.25, -0.2) is 4.79 Å². The fourth-order valence-electron chi connectivity index (χ4n) is 2.25. The third-order valence-corrected chi connectivity index (χ3v) is 3.54. The van der Waals surface area contributed by atoms with Crippen LogP contribution in [0.15, 0.2) is 42.5 Å². The second-order valence-corrected chi connectivity index (χ2v) is 4.90. The third-order valence-electron chi connectivity index (χ3n) is 3.54. The number of rotatable bonds is 3. The number of amides is 1. The van der Waals surface area contributed by atoms with Crippen LogP contribution in [-0.2, 0) is 0 Å². The van der Waals surface area contributed by atoms with Crippen LogP contribution in [0.3, 0.4) is 0 Å². The molecule has 1 aromatic heterocycles. The smallest absolute Gasteiger partial charge is 0.350 e. The first-order valence-electron chi connectivity index (χ1n) is 6.95.